The molecule has 0 atom stereocenters. The van der Waals surface area contributed by atoms with Crippen molar-refractivity contribution in [3.05, 3.63) is 104 Å². The number of aromatic nitrogens is 2. The molecule has 0 radical (unpaired) electrons. The quantitative estimate of drug-likeness (QED) is 0.287. The topological polar surface area (TPSA) is 240 Å². The minimum atomic E-state index is -1.07. The van der Waals surface area contributed by atoms with Gasteiger partial charge in [0.1, 0.15) is 65.8 Å². The SMILES string of the molecule is N#CC(C#N)=C1C(c2cc(F)ncc2C#N)=C(C#N)c2c1cc1c(c2C#N)C(C#N)=C(c2cc(F)ncc2C#N)C1=C(C#N)C#N. The molecule has 46 heavy (non-hydrogen) atoms. The Balaban J connectivity index is 2.09. The van der Waals surface area contributed by atoms with Crippen molar-refractivity contribution in [1.29, 1.82) is 47.4 Å². The molecule has 5 rings (SSSR count). The second-order valence-electron chi connectivity index (χ2n) is 9.21. The highest BCUT2D eigenvalue weighted by Gasteiger charge is 2.41. The van der Waals surface area contributed by atoms with Crippen molar-refractivity contribution in [2.45, 2.75) is 0 Å². The number of allylic oxidation sites excluding steroid dienone is 8. The van der Waals surface area contributed by atoms with Gasteiger partial charge in [-0.15, -0.1) is 0 Å². The van der Waals surface area contributed by atoms with Crippen LogP contribution in [0.4, 0.5) is 8.78 Å². The summed E-state index contributed by atoms with van der Waals surface area (Å²) in [6, 6.07) is 19.0. The Morgan fingerprint density at radius 3 is 1.20 bits per heavy atom. The fourth-order valence-electron chi connectivity index (χ4n) is 5.48. The summed E-state index contributed by atoms with van der Waals surface area (Å²) >= 11 is 0. The van der Waals surface area contributed by atoms with Crippen molar-refractivity contribution in [2.75, 3.05) is 0 Å². The summed E-state index contributed by atoms with van der Waals surface area (Å²) in [6.45, 7) is 0. The van der Waals surface area contributed by atoms with E-state index in [4.69, 9.17) is 0 Å². The molecule has 1 aromatic carbocycles. The van der Waals surface area contributed by atoms with Gasteiger partial charge in [-0.2, -0.15) is 56.1 Å². The molecule has 2 aromatic heterocycles. The molecule has 0 amide bonds. The Morgan fingerprint density at radius 2 is 0.891 bits per heavy atom. The third kappa shape index (κ3) is 4.01. The zero-order valence-corrected chi connectivity index (χ0v) is 22.6. The molecule has 0 saturated heterocycles. The summed E-state index contributed by atoms with van der Waals surface area (Å²) in [6.07, 6.45) is 1.76. The smallest absolute Gasteiger partial charge is 0.213 e. The highest BCUT2D eigenvalue weighted by molar-refractivity contribution is 6.31. The molecule has 2 aliphatic carbocycles. The highest BCUT2D eigenvalue weighted by atomic mass is 19.1. The molecule has 0 bridgehead atoms. The standard InChI is InChI=1S/C33H5F2N11/c34-26-2-19(17(8-40)13-45-26)32-24(11-43)30-21(28(32)15(4-36)5-37)1-22-29(16(6-38)7-39)33(25(12-44)31(22)23(30)10-42)20-3-27(35)46-14-18(20)9-41/h1-3,13-14H. The van der Waals surface area contributed by atoms with Crippen LogP contribution in [0.15, 0.2) is 41.7 Å². The van der Waals surface area contributed by atoms with Crippen LogP contribution < -0.4 is 0 Å². The summed E-state index contributed by atoms with van der Waals surface area (Å²) in [5.74, 6) is -2.13. The normalized spacial score (nSPS) is 12.1. The average molecular weight is 593 g/mol. The molecule has 11 nitrogen and oxygen atoms in total. The average Bonchev–Trinajstić information content (AvgIpc) is 3.57. The van der Waals surface area contributed by atoms with Gasteiger partial charge in [0.05, 0.1) is 27.8 Å². The van der Waals surface area contributed by atoms with Crippen LogP contribution in [0.2, 0.25) is 0 Å². The fourth-order valence-corrected chi connectivity index (χ4v) is 5.48. The van der Waals surface area contributed by atoms with E-state index in [1.54, 1.807) is 24.3 Å². The maximum absolute atomic E-state index is 14.4. The van der Waals surface area contributed by atoms with Gasteiger partial charge in [0.15, 0.2) is 0 Å². The van der Waals surface area contributed by atoms with Crippen LogP contribution in [0.25, 0.3) is 33.4 Å². The molecule has 0 N–H and O–H groups in total. The van der Waals surface area contributed by atoms with Crippen LogP contribution in [-0.4, -0.2) is 9.97 Å². The molecule has 0 fully saturated rings. The van der Waals surface area contributed by atoms with E-state index in [2.05, 4.69) is 9.97 Å². The number of fused-ring (bicyclic) bond motifs is 2. The monoisotopic (exact) mass is 593 g/mol. The van der Waals surface area contributed by atoms with Gasteiger partial charge in [-0.1, -0.05) is 0 Å². The highest BCUT2D eigenvalue weighted by Crippen LogP contribution is 2.56. The van der Waals surface area contributed by atoms with E-state index in [1.807, 2.05) is 30.3 Å². The van der Waals surface area contributed by atoms with E-state index < -0.39 is 23.0 Å². The van der Waals surface area contributed by atoms with E-state index in [1.165, 1.54) is 6.07 Å². The minimum absolute atomic E-state index is 0.117. The lowest BCUT2D eigenvalue weighted by atomic mass is 9.86. The minimum Gasteiger partial charge on any atom is -0.227 e. The van der Waals surface area contributed by atoms with E-state index in [9.17, 15) is 56.1 Å². The first-order chi connectivity index (χ1) is 22.3. The molecular weight excluding hydrogens is 588 g/mol. The number of halogens is 2. The van der Waals surface area contributed by atoms with Gasteiger partial charge in [-0.25, -0.2) is 9.97 Å². The van der Waals surface area contributed by atoms with Crippen LogP contribution in [0.1, 0.15) is 50.1 Å². The number of pyridine rings is 2. The lowest BCUT2D eigenvalue weighted by Crippen LogP contribution is -2.00. The number of nitrogens with zero attached hydrogens (tertiary/aromatic N) is 11. The molecule has 0 aliphatic heterocycles. The molecular formula is C33H5F2N11. The molecule has 13 heteroatoms. The lowest BCUT2D eigenvalue weighted by molar-refractivity contribution is 0.582. The van der Waals surface area contributed by atoms with Crippen molar-refractivity contribution >= 4 is 33.4 Å². The van der Waals surface area contributed by atoms with Gasteiger partial charge in [-0.3, -0.25) is 0 Å². The Morgan fingerprint density at radius 1 is 0.500 bits per heavy atom. The summed E-state index contributed by atoms with van der Waals surface area (Å²) in [5.41, 5.74) is -4.89. The van der Waals surface area contributed by atoms with Crippen molar-refractivity contribution in [3.8, 4) is 54.6 Å². The molecule has 2 heterocycles. The van der Waals surface area contributed by atoms with Gasteiger partial charge < -0.3 is 0 Å². The Labute approximate surface area is 257 Å². The van der Waals surface area contributed by atoms with E-state index in [-0.39, 0.29) is 83.5 Å². The van der Waals surface area contributed by atoms with Crippen molar-refractivity contribution in [2.24, 2.45) is 0 Å². The molecule has 2 aliphatic rings. The van der Waals surface area contributed by atoms with Crippen LogP contribution in [0.5, 0.6) is 0 Å². The van der Waals surface area contributed by atoms with Crippen molar-refractivity contribution in [1.82, 2.24) is 9.97 Å². The van der Waals surface area contributed by atoms with Gasteiger partial charge >= 0.3 is 0 Å². The predicted octanol–water partition coefficient (Wildman–Crippen LogP) is 4.87. The van der Waals surface area contributed by atoms with E-state index in [0.717, 1.165) is 24.5 Å². The van der Waals surface area contributed by atoms with Gasteiger partial charge in [0, 0.05) is 69.1 Å². The summed E-state index contributed by atoms with van der Waals surface area (Å²) in [5, 5.41) is 90.6. The van der Waals surface area contributed by atoms with Crippen molar-refractivity contribution < 1.29 is 8.78 Å². The van der Waals surface area contributed by atoms with Crippen molar-refractivity contribution in [3.63, 3.8) is 0 Å². The second-order valence-corrected chi connectivity index (χ2v) is 9.21. The Bertz CT molecular complexity index is 2340. The number of hydrogen-bond donors (Lipinski definition) is 0. The number of rotatable bonds is 2. The molecule has 3 aromatic rings. The summed E-state index contributed by atoms with van der Waals surface area (Å²) in [4.78, 5) is 6.89. The van der Waals surface area contributed by atoms with Gasteiger partial charge in [0.2, 0.25) is 11.9 Å². The van der Waals surface area contributed by atoms with Crippen LogP contribution >= 0.6 is 0 Å². The molecule has 0 unspecified atom stereocenters. The Hall–Kier alpha value is -8.25. The first-order valence-corrected chi connectivity index (χ1v) is 12.4. The molecule has 206 valence electrons. The predicted molar refractivity (Wildman–Crippen MR) is 150 cm³/mol. The fraction of sp³-hybridized carbons (Fsp3) is 0. The zero-order valence-electron chi connectivity index (χ0n) is 22.6. The van der Waals surface area contributed by atoms with E-state index >= 15 is 0 Å². The summed E-state index contributed by atoms with van der Waals surface area (Å²) in [7, 11) is 0. The number of hydrogen-bond acceptors (Lipinski definition) is 11. The molecule has 0 saturated carbocycles. The number of benzene rings is 1. The third-order valence-corrected chi connectivity index (χ3v) is 7.17. The second kappa shape index (κ2) is 11.2. The maximum atomic E-state index is 14.4. The largest absolute Gasteiger partial charge is 0.227 e. The number of nitriles is 9. The zero-order chi connectivity index (χ0) is 33.3. The third-order valence-electron chi connectivity index (χ3n) is 7.17. The Kier molecular flexibility index (Phi) is 7.12. The van der Waals surface area contributed by atoms with Crippen LogP contribution in [0, 0.1) is 114 Å². The molecule has 0 spiro atoms. The first kappa shape index (κ1) is 29.2. The van der Waals surface area contributed by atoms with Crippen LogP contribution in [-0.2, 0) is 0 Å². The maximum Gasteiger partial charge on any atom is 0.213 e. The summed E-state index contributed by atoms with van der Waals surface area (Å²) < 4.78 is 28.9. The lowest BCUT2D eigenvalue weighted by Gasteiger charge is -2.13. The first-order valence-electron chi connectivity index (χ1n) is 12.4. The van der Waals surface area contributed by atoms with Crippen LogP contribution in [0.3, 0.4) is 0 Å². The van der Waals surface area contributed by atoms with Gasteiger partial charge in [0.25, 0.3) is 0 Å². The van der Waals surface area contributed by atoms with E-state index in [0.29, 0.717) is 0 Å². The van der Waals surface area contributed by atoms with Gasteiger partial charge in [-0.05, 0) is 17.2 Å².